The van der Waals surface area contributed by atoms with E-state index in [0.717, 1.165) is 11.1 Å². The minimum absolute atomic E-state index is 0.449. The van der Waals surface area contributed by atoms with Crippen molar-refractivity contribution in [1.29, 1.82) is 0 Å². The summed E-state index contributed by atoms with van der Waals surface area (Å²) in [5.74, 6) is -1.49. The summed E-state index contributed by atoms with van der Waals surface area (Å²) in [6.07, 6.45) is -4.60. The zero-order valence-corrected chi connectivity index (χ0v) is 13.5. The molecule has 138 valence electrons. The first-order valence-electron chi connectivity index (χ1n) is 7.06. The van der Waals surface area contributed by atoms with Crippen molar-refractivity contribution < 1.29 is 37.0 Å². The lowest BCUT2D eigenvalue weighted by Gasteiger charge is -2.10. The van der Waals surface area contributed by atoms with E-state index in [1.807, 2.05) is 19.9 Å². The zero-order chi connectivity index (χ0) is 19.0. The van der Waals surface area contributed by atoms with E-state index in [1.165, 1.54) is 5.32 Å². The van der Waals surface area contributed by atoms with Crippen molar-refractivity contribution in [3.8, 4) is 5.75 Å². The number of aryl methyl sites for hydroxylation is 2. The minimum atomic E-state index is -4.60. The first kappa shape index (κ1) is 20.3. The number of esters is 1. The molecule has 0 aromatic heterocycles. The van der Waals surface area contributed by atoms with E-state index in [9.17, 15) is 27.6 Å². The number of halogens is 3. The van der Waals surface area contributed by atoms with E-state index < -0.39 is 43.8 Å². The van der Waals surface area contributed by atoms with Crippen molar-refractivity contribution in [2.45, 2.75) is 20.0 Å². The van der Waals surface area contributed by atoms with Crippen LogP contribution in [0, 0.1) is 13.8 Å². The average molecular weight is 362 g/mol. The monoisotopic (exact) mass is 362 g/mol. The lowest BCUT2D eigenvalue weighted by Crippen LogP contribution is -2.44. The van der Waals surface area contributed by atoms with Gasteiger partial charge in [-0.2, -0.15) is 13.2 Å². The van der Waals surface area contributed by atoms with Crippen LogP contribution in [0.5, 0.6) is 5.75 Å². The van der Waals surface area contributed by atoms with Gasteiger partial charge in [0.2, 0.25) is 0 Å². The van der Waals surface area contributed by atoms with Crippen molar-refractivity contribution in [1.82, 2.24) is 10.6 Å². The van der Waals surface area contributed by atoms with Crippen LogP contribution in [0.25, 0.3) is 0 Å². The number of hydrogen-bond acceptors (Lipinski definition) is 5. The van der Waals surface area contributed by atoms with Crippen LogP contribution in [0.15, 0.2) is 18.2 Å². The highest BCUT2D eigenvalue weighted by Crippen LogP contribution is 2.16. The van der Waals surface area contributed by atoms with Crippen LogP contribution < -0.4 is 15.4 Å². The van der Waals surface area contributed by atoms with Crippen LogP contribution in [-0.2, 0) is 14.3 Å². The Labute approximate surface area is 141 Å². The number of benzene rings is 1. The topological polar surface area (TPSA) is 93.7 Å². The molecule has 0 radical (unpaired) electrons. The minimum Gasteiger partial charge on any atom is -0.482 e. The standard InChI is InChI=1S/C15H17F3N2O5/c1-9-3-10(2)5-11(4-9)24-7-13(22)25-6-12(21)20-14(23)19-8-15(16,17)18/h3-5H,6-8H2,1-2H3,(H2,19,20,21,23). The molecule has 3 amide bonds. The van der Waals surface area contributed by atoms with Gasteiger partial charge in [-0.15, -0.1) is 0 Å². The molecule has 10 heteroatoms. The molecule has 1 rings (SSSR count). The van der Waals surface area contributed by atoms with Crippen molar-refractivity contribution in [3.63, 3.8) is 0 Å². The second-order valence-electron chi connectivity index (χ2n) is 5.12. The SMILES string of the molecule is Cc1cc(C)cc(OCC(=O)OCC(=O)NC(=O)NCC(F)(F)F)c1. The average Bonchev–Trinajstić information content (AvgIpc) is 2.47. The smallest absolute Gasteiger partial charge is 0.405 e. The fourth-order valence-corrected chi connectivity index (χ4v) is 1.73. The summed E-state index contributed by atoms with van der Waals surface area (Å²) in [5, 5.41) is 3.03. The van der Waals surface area contributed by atoms with Crippen LogP contribution in [-0.4, -0.2) is 43.8 Å². The number of ether oxygens (including phenoxy) is 2. The molecule has 0 aliphatic heterocycles. The molecular weight excluding hydrogens is 345 g/mol. The summed E-state index contributed by atoms with van der Waals surface area (Å²) in [4.78, 5) is 33.7. The van der Waals surface area contributed by atoms with Gasteiger partial charge < -0.3 is 14.8 Å². The molecule has 0 aliphatic rings. The molecule has 2 N–H and O–H groups in total. The Balaban J connectivity index is 2.29. The van der Waals surface area contributed by atoms with E-state index in [4.69, 9.17) is 4.74 Å². The van der Waals surface area contributed by atoms with E-state index in [2.05, 4.69) is 4.74 Å². The van der Waals surface area contributed by atoms with E-state index in [-0.39, 0.29) is 0 Å². The number of hydrogen-bond donors (Lipinski definition) is 2. The summed E-state index contributed by atoms with van der Waals surface area (Å²) in [6, 6.07) is 3.99. The molecule has 0 spiro atoms. The Morgan fingerprint density at radius 1 is 1.04 bits per heavy atom. The lowest BCUT2D eigenvalue weighted by molar-refractivity contribution is -0.150. The van der Waals surface area contributed by atoms with Gasteiger partial charge in [-0.3, -0.25) is 10.1 Å². The molecule has 0 atom stereocenters. The number of urea groups is 1. The number of rotatable bonds is 6. The van der Waals surface area contributed by atoms with E-state index in [1.54, 1.807) is 17.4 Å². The number of imide groups is 1. The van der Waals surface area contributed by atoms with Crippen LogP contribution >= 0.6 is 0 Å². The Bertz CT molecular complexity index is 626. The van der Waals surface area contributed by atoms with Gasteiger partial charge in [-0.1, -0.05) is 6.07 Å². The van der Waals surface area contributed by atoms with Gasteiger partial charge in [0.15, 0.2) is 13.2 Å². The molecule has 0 aliphatic carbocycles. The highest BCUT2D eigenvalue weighted by Gasteiger charge is 2.28. The summed E-state index contributed by atoms with van der Waals surface area (Å²) < 4.78 is 45.4. The van der Waals surface area contributed by atoms with Crippen LogP contribution in [0.4, 0.5) is 18.0 Å². The summed E-state index contributed by atoms with van der Waals surface area (Å²) in [5.41, 5.74) is 1.88. The summed E-state index contributed by atoms with van der Waals surface area (Å²) in [7, 11) is 0. The molecule has 0 fully saturated rings. The van der Waals surface area contributed by atoms with Gasteiger partial charge >= 0.3 is 18.2 Å². The predicted molar refractivity (Wildman–Crippen MR) is 80.0 cm³/mol. The summed E-state index contributed by atoms with van der Waals surface area (Å²) in [6.45, 7) is 0.833. The predicted octanol–water partition coefficient (Wildman–Crippen LogP) is 1.61. The first-order chi connectivity index (χ1) is 11.5. The Kier molecular flexibility index (Phi) is 7.22. The maximum absolute atomic E-state index is 11.9. The third-order valence-corrected chi connectivity index (χ3v) is 2.62. The van der Waals surface area contributed by atoms with Gasteiger partial charge in [0, 0.05) is 0 Å². The second-order valence-corrected chi connectivity index (χ2v) is 5.12. The Hall–Kier alpha value is -2.78. The maximum atomic E-state index is 11.9. The largest absolute Gasteiger partial charge is 0.482 e. The molecule has 0 saturated carbocycles. The normalized spacial score (nSPS) is 10.8. The number of carbonyl (C=O) groups excluding carboxylic acids is 3. The molecule has 0 saturated heterocycles. The highest BCUT2D eigenvalue weighted by molar-refractivity contribution is 5.95. The van der Waals surface area contributed by atoms with E-state index >= 15 is 0 Å². The first-order valence-corrected chi connectivity index (χ1v) is 7.06. The maximum Gasteiger partial charge on any atom is 0.405 e. The lowest BCUT2D eigenvalue weighted by atomic mass is 10.1. The van der Waals surface area contributed by atoms with Gasteiger partial charge in [0.05, 0.1) is 0 Å². The van der Waals surface area contributed by atoms with Crippen LogP contribution in [0.1, 0.15) is 11.1 Å². The molecule has 0 unspecified atom stereocenters. The van der Waals surface area contributed by atoms with Crippen molar-refractivity contribution in [3.05, 3.63) is 29.3 Å². The van der Waals surface area contributed by atoms with Gasteiger partial charge in [-0.25, -0.2) is 9.59 Å². The van der Waals surface area contributed by atoms with Crippen molar-refractivity contribution in [2.24, 2.45) is 0 Å². The van der Waals surface area contributed by atoms with Crippen LogP contribution in [0.2, 0.25) is 0 Å². The van der Waals surface area contributed by atoms with Crippen molar-refractivity contribution >= 4 is 17.9 Å². The fourth-order valence-electron chi connectivity index (χ4n) is 1.73. The molecule has 0 heterocycles. The molecule has 25 heavy (non-hydrogen) atoms. The van der Waals surface area contributed by atoms with Gasteiger partial charge in [-0.05, 0) is 37.1 Å². The fraction of sp³-hybridized carbons (Fsp3) is 0.400. The van der Waals surface area contributed by atoms with Crippen molar-refractivity contribution in [2.75, 3.05) is 19.8 Å². The third-order valence-electron chi connectivity index (χ3n) is 2.62. The number of carbonyl (C=O) groups is 3. The molecule has 0 bridgehead atoms. The summed E-state index contributed by atoms with van der Waals surface area (Å²) >= 11 is 0. The highest BCUT2D eigenvalue weighted by atomic mass is 19.4. The second kappa shape index (κ2) is 8.90. The van der Waals surface area contributed by atoms with Gasteiger partial charge in [0.25, 0.3) is 5.91 Å². The number of amides is 3. The molecule has 7 nitrogen and oxygen atoms in total. The quantitative estimate of drug-likeness (QED) is 0.750. The van der Waals surface area contributed by atoms with Gasteiger partial charge in [0.1, 0.15) is 12.3 Å². The number of nitrogens with one attached hydrogen (secondary N) is 2. The van der Waals surface area contributed by atoms with E-state index in [0.29, 0.717) is 5.75 Å². The molecule has 1 aromatic rings. The van der Waals surface area contributed by atoms with Crippen LogP contribution in [0.3, 0.4) is 0 Å². The number of alkyl halides is 3. The molecule has 1 aromatic carbocycles. The zero-order valence-electron chi connectivity index (χ0n) is 13.5. The Morgan fingerprint density at radius 2 is 1.64 bits per heavy atom. The third kappa shape index (κ3) is 9.18. The molecular formula is C15H17F3N2O5. The Morgan fingerprint density at radius 3 is 2.20 bits per heavy atom.